The van der Waals surface area contributed by atoms with E-state index in [2.05, 4.69) is 5.32 Å². The number of anilines is 1. The fourth-order valence-corrected chi connectivity index (χ4v) is 4.06. The van der Waals surface area contributed by atoms with Crippen LogP contribution in [0.25, 0.3) is 0 Å². The molecular formula is C19H22ClNO3S. The summed E-state index contributed by atoms with van der Waals surface area (Å²) >= 11 is 5.80. The summed E-state index contributed by atoms with van der Waals surface area (Å²) < 4.78 is 24.6. The second kappa shape index (κ2) is 8.50. The van der Waals surface area contributed by atoms with E-state index in [9.17, 15) is 13.2 Å². The molecule has 0 radical (unpaired) electrons. The van der Waals surface area contributed by atoms with E-state index in [-0.39, 0.29) is 5.75 Å². The Kier molecular flexibility index (Phi) is 6.62. The number of rotatable bonds is 7. The molecule has 0 atom stereocenters. The zero-order chi connectivity index (χ0) is 18.4. The number of halogens is 1. The lowest BCUT2D eigenvalue weighted by atomic mass is 10.0. The summed E-state index contributed by atoms with van der Waals surface area (Å²) in [6.45, 7) is 4.00. The first-order valence-corrected chi connectivity index (χ1v) is 10.4. The van der Waals surface area contributed by atoms with E-state index in [1.165, 1.54) is 0 Å². The molecule has 2 aromatic carbocycles. The Morgan fingerprint density at radius 2 is 1.56 bits per heavy atom. The fourth-order valence-electron chi connectivity index (χ4n) is 2.66. The standard InChI is InChI=1S/C19H22ClNO3S/c1-3-15-6-5-7-16(4-2)19(15)21-18(22)13-25(23,24)12-14-8-10-17(20)11-9-14/h5-11H,3-4,12-13H2,1-2H3,(H,21,22). The van der Waals surface area contributed by atoms with Crippen LogP contribution in [0.3, 0.4) is 0 Å². The number of benzene rings is 2. The molecule has 0 spiro atoms. The molecule has 0 fully saturated rings. The third-order valence-corrected chi connectivity index (χ3v) is 5.64. The van der Waals surface area contributed by atoms with Gasteiger partial charge in [0, 0.05) is 10.7 Å². The average molecular weight is 380 g/mol. The van der Waals surface area contributed by atoms with Crippen molar-refractivity contribution in [2.45, 2.75) is 32.4 Å². The largest absolute Gasteiger partial charge is 0.325 e. The van der Waals surface area contributed by atoms with Gasteiger partial charge in [-0.25, -0.2) is 8.42 Å². The van der Waals surface area contributed by atoms with Crippen molar-refractivity contribution in [3.63, 3.8) is 0 Å². The van der Waals surface area contributed by atoms with Crippen LogP contribution in [0.5, 0.6) is 0 Å². The molecule has 0 aliphatic carbocycles. The smallest absolute Gasteiger partial charge is 0.239 e. The zero-order valence-corrected chi connectivity index (χ0v) is 16.0. The van der Waals surface area contributed by atoms with Gasteiger partial charge in [-0.2, -0.15) is 0 Å². The number of carbonyl (C=O) groups excluding carboxylic acids is 1. The van der Waals surface area contributed by atoms with E-state index in [1.54, 1.807) is 24.3 Å². The summed E-state index contributed by atoms with van der Waals surface area (Å²) in [6.07, 6.45) is 1.53. The molecule has 0 heterocycles. The molecule has 0 aliphatic heterocycles. The van der Waals surface area contributed by atoms with Crippen LogP contribution >= 0.6 is 11.6 Å². The maximum Gasteiger partial charge on any atom is 0.239 e. The molecule has 0 saturated carbocycles. The van der Waals surface area contributed by atoms with Crippen molar-refractivity contribution < 1.29 is 13.2 Å². The molecule has 0 bridgehead atoms. The van der Waals surface area contributed by atoms with Gasteiger partial charge in [-0.15, -0.1) is 0 Å². The molecular weight excluding hydrogens is 358 g/mol. The van der Waals surface area contributed by atoms with E-state index < -0.39 is 21.5 Å². The number of hydrogen-bond acceptors (Lipinski definition) is 3. The number of carbonyl (C=O) groups is 1. The Morgan fingerprint density at radius 3 is 2.08 bits per heavy atom. The van der Waals surface area contributed by atoms with Crippen molar-refractivity contribution in [1.29, 1.82) is 0 Å². The highest BCUT2D eigenvalue weighted by atomic mass is 35.5. The highest BCUT2D eigenvalue weighted by molar-refractivity contribution is 7.91. The molecule has 6 heteroatoms. The first-order valence-electron chi connectivity index (χ1n) is 8.20. The van der Waals surface area contributed by atoms with Crippen LogP contribution in [-0.2, 0) is 33.2 Å². The van der Waals surface area contributed by atoms with Crippen LogP contribution in [0.15, 0.2) is 42.5 Å². The molecule has 4 nitrogen and oxygen atoms in total. The number of amides is 1. The van der Waals surface area contributed by atoms with Crippen molar-refractivity contribution in [3.05, 3.63) is 64.2 Å². The average Bonchev–Trinajstić information content (AvgIpc) is 2.56. The Morgan fingerprint density at radius 1 is 1.00 bits per heavy atom. The Balaban J connectivity index is 2.10. The number of hydrogen-bond donors (Lipinski definition) is 1. The lowest BCUT2D eigenvalue weighted by Gasteiger charge is -2.14. The quantitative estimate of drug-likeness (QED) is 0.790. The van der Waals surface area contributed by atoms with Gasteiger partial charge in [0.1, 0.15) is 5.75 Å². The maximum atomic E-state index is 12.3. The second-order valence-electron chi connectivity index (χ2n) is 5.87. The lowest BCUT2D eigenvalue weighted by Crippen LogP contribution is -2.25. The van der Waals surface area contributed by atoms with Crippen molar-refractivity contribution in [2.24, 2.45) is 0 Å². The van der Waals surface area contributed by atoms with Crippen molar-refractivity contribution in [3.8, 4) is 0 Å². The molecule has 0 aromatic heterocycles. The van der Waals surface area contributed by atoms with Crippen molar-refractivity contribution in [1.82, 2.24) is 0 Å². The molecule has 0 unspecified atom stereocenters. The summed E-state index contributed by atoms with van der Waals surface area (Å²) in [5.74, 6) is -1.24. The zero-order valence-electron chi connectivity index (χ0n) is 14.4. The predicted molar refractivity (Wildman–Crippen MR) is 103 cm³/mol. The Labute approximate surface area is 154 Å². The van der Waals surface area contributed by atoms with E-state index in [0.717, 1.165) is 29.7 Å². The van der Waals surface area contributed by atoms with Gasteiger partial charge in [-0.1, -0.05) is 55.8 Å². The molecule has 0 saturated heterocycles. The van der Waals surface area contributed by atoms with Crippen LogP contribution in [0.4, 0.5) is 5.69 Å². The predicted octanol–water partition coefficient (Wildman–Crippen LogP) is 4.02. The summed E-state index contributed by atoms with van der Waals surface area (Å²) in [4.78, 5) is 12.3. The summed E-state index contributed by atoms with van der Waals surface area (Å²) in [7, 11) is -3.56. The van der Waals surface area contributed by atoms with Gasteiger partial charge in [-0.05, 0) is 41.7 Å². The Hall–Kier alpha value is -1.85. The van der Waals surface area contributed by atoms with Gasteiger partial charge in [0.25, 0.3) is 0 Å². The van der Waals surface area contributed by atoms with Crippen LogP contribution in [0, 0.1) is 0 Å². The minimum Gasteiger partial charge on any atom is -0.325 e. The topological polar surface area (TPSA) is 63.2 Å². The Bertz CT molecular complexity index is 823. The van der Waals surface area contributed by atoms with Crippen LogP contribution < -0.4 is 5.32 Å². The molecule has 0 aliphatic rings. The number of nitrogens with one attached hydrogen (secondary N) is 1. The van der Waals surface area contributed by atoms with Gasteiger partial charge in [0.2, 0.25) is 5.91 Å². The molecule has 2 aromatic rings. The molecule has 1 N–H and O–H groups in total. The monoisotopic (exact) mass is 379 g/mol. The van der Waals surface area contributed by atoms with E-state index in [0.29, 0.717) is 10.6 Å². The number of sulfone groups is 1. The fraction of sp³-hybridized carbons (Fsp3) is 0.316. The molecule has 2 rings (SSSR count). The maximum absolute atomic E-state index is 12.3. The summed E-state index contributed by atoms with van der Waals surface area (Å²) in [5.41, 5.74) is 3.35. The third-order valence-electron chi connectivity index (χ3n) is 3.91. The van der Waals surface area contributed by atoms with Gasteiger partial charge in [-0.3, -0.25) is 4.79 Å². The normalized spacial score (nSPS) is 11.3. The molecule has 134 valence electrons. The van der Waals surface area contributed by atoms with E-state index in [4.69, 9.17) is 11.6 Å². The van der Waals surface area contributed by atoms with Crippen LogP contribution in [-0.4, -0.2) is 20.1 Å². The molecule has 25 heavy (non-hydrogen) atoms. The second-order valence-corrected chi connectivity index (χ2v) is 8.37. The first-order chi connectivity index (χ1) is 11.8. The highest BCUT2D eigenvalue weighted by Crippen LogP contribution is 2.22. The van der Waals surface area contributed by atoms with Gasteiger partial charge < -0.3 is 5.32 Å². The van der Waals surface area contributed by atoms with Crippen LogP contribution in [0.2, 0.25) is 5.02 Å². The van der Waals surface area contributed by atoms with Gasteiger partial charge in [0.05, 0.1) is 5.75 Å². The van der Waals surface area contributed by atoms with Gasteiger partial charge >= 0.3 is 0 Å². The summed E-state index contributed by atoms with van der Waals surface area (Å²) in [5, 5.41) is 3.34. The SMILES string of the molecule is CCc1cccc(CC)c1NC(=O)CS(=O)(=O)Cc1ccc(Cl)cc1. The third kappa shape index (κ3) is 5.58. The van der Waals surface area contributed by atoms with Crippen LogP contribution in [0.1, 0.15) is 30.5 Å². The van der Waals surface area contributed by atoms with Crippen molar-refractivity contribution >= 4 is 33.0 Å². The number of para-hydroxylation sites is 1. The minimum absolute atomic E-state index is 0.187. The van der Waals surface area contributed by atoms with E-state index >= 15 is 0 Å². The van der Waals surface area contributed by atoms with E-state index in [1.807, 2.05) is 32.0 Å². The minimum atomic E-state index is -3.56. The highest BCUT2D eigenvalue weighted by Gasteiger charge is 2.19. The summed E-state index contributed by atoms with van der Waals surface area (Å²) in [6, 6.07) is 12.4. The van der Waals surface area contributed by atoms with Crippen molar-refractivity contribution in [2.75, 3.05) is 11.1 Å². The molecule has 1 amide bonds. The number of aryl methyl sites for hydroxylation is 2. The first kappa shape index (κ1) is 19.5. The lowest BCUT2D eigenvalue weighted by molar-refractivity contribution is -0.113. The van der Waals surface area contributed by atoms with Gasteiger partial charge in [0.15, 0.2) is 9.84 Å².